The summed E-state index contributed by atoms with van der Waals surface area (Å²) in [5.74, 6) is 0.567. The van der Waals surface area contributed by atoms with Gasteiger partial charge in [-0.1, -0.05) is 6.07 Å². The lowest BCUT2D eigenvalue weighted by Gasteiger charge is -2.13. The van der Waals surface area contributed by atoms with Crippen LogP contribution < -0.4 is 4.74 Å². The van der Waals surface area contributed by atoms with Crippen LogP contribution in [-0.4, -0.2) is 26.9 Å². The van der Waals surface area contributed by atoms with Crippen molar-refractivity contribution >= 4 is 11.6 Å². The summed E-state index contributed by atoms with van der Waals surface area (Å²) in [5, 5.41) is 21.5. The van der Waals surface area contributed by atoms with E-state index in [4.69, 9.17) is 4.74 Å². The van der Waals surface area contributed by atoms with E-state index in [1.807, 2.05) is 11.0 Å². The first-order valence-electron chi connectivity index (χ1n) is 9.13. The van der Waals surface area contributed by atoms with Gasteiger partial charge >= 0.3 is 5.69 Å². The van der Waals surface area contributed by atoms with Crippen molar-refractivity contribution in [1.82, 2.24) is 4.90 Å². The van der Waals surface area contributed by atoms with Crippen molar-refractivity contribution in [3.05, 3.63) is 62.7 Å². The van der Waals surface area contributed by atoms with E-state index in [9.17, 15) is 20.0 Å². The van der Waals surface area contributed by atoms with Crippen LogP contribution in [0.15, 0.2) is 30.3 Å². The summed E-state index contributed by atoms with van der Waals surface area (Å²) in [4.78, 5) is 25.5. The van der Waals surface area contributed by atoms with E-state index >= 15 is 0 Å². The molecule has 2 aromatic rings. The van der Waals surface area contributed by atoms with Crippen molar-refractivity contribution in [2.75, 3.05) is 0 Å². The average molecular weight is 366 g/mol. The molecule has 1 aliphatic heterocycles. The van der Waals surface area contributed by atoms with Crippen molar-refractivity contribution in [3.63, 3.8) is 0 Å². The lowest BCUT2D eigenvalue weighted by atomic mass is 10.1. The quantitative estimate of drug-likeness (QED) is 0.660. The van der Waals surface area contributed by atoms with Crippen molar-refractivity contribution in [2.24, 2.45) is 0 Å². The van der Waals surface area contributed by atoms with Crippen LogP contribution in [0.25, 0.3) is 0 Å². The second-order valence-corrected chi connectivity index (χ2v) is 7.38. The molecule has 1 fully saturated rings. The Morgan fingerprint density at radius 3 is 2.74 bits per heavy atom. The Bertz CT molecular complexity index is 983. The number of rotatable bonds is 4. The molecule has 0 spiro atoms. The topological polar surface area (TPSA) is 92.9 Å². The standard InChI is InChI=1S/C20H18N2O5/c23-18-8-6-15-14(18)5-7-17(22(25)26)19(15)27-13-4-1-11-10-21(12-2-3-12)20(24)16(11)9-13/h1,4-5,7,9,12,18,23H,2-3,6,8,10H2. The van der Waals surface area contributed by atoms with E-state index in [1.54, 1.807) is 18.2 Å². The number of nitro groups is 1. The summed E-state index contributed by atoms with van der Waals surface area (Å²) in [6, 6.07) is 8.59. The molecule has 0 aromatic heterocycles. The summed E-state index contributed by atoms with van der Waals surface area (Å²) >= 11 is 0. The molecule has 1 N–H and O–H groups in total. The van der Waals surface area contributed by atoms with Crippen LogP contribution in [0.3, 0.4) is 0 Å². The van der Waals surface area contributed by atoms with Gasteiger partial charge in [0.1, 0.15) is 5.75 Å². The van der Waals surface area contributed by atoms with Crippen LogP contribution >= 0.6 is 0 Å². The van der Waals surface area contributed by atoms with Gasteiger partial charge in [-0.15, -0.1) is 0 Å². The SMILES string of the molecule is O=C1c2cc(Oc3c([N+](=O)[O-])ccc4c3CCC4O)ccc2CN1C1CC1. The molecule has 2 aliphatic carbocycles. The number of fused-ring (bicyclic) bond motifs is 2. The van der Waals surface area contributed by atoms with E-state index < -0.39 is 11.0 Å². The maximum absolute atomic E-state index is 12.6. The summed E-state index contributed by atoms with van der Waals surface area (Å²) in [6.07, 6.45) is 2.51. The molecule has 3 aliphatic rings. The van der Waals surface area contributed by atoms with Crippen molar-refractivity contribution in [3.8, 4) is 11.5 Å². The Morgan fingerprint density at radius 2 is 2.00 bits per heavy atom. The zero-order valence-electron chi connectivity index (χ0n) is 14.6. The molecule has 0 bridgehead atoms. The van der Waals surface area contributed by atoms with E-state index in [-0.39, 0.29) is 17.3 Å². The van der Waals surface area contributed by atoms with Gasteiger partial charge in [-0.05, 0) is 55.0 Å². The Morgan fingerprint density at radius 1 is 1.19 bits per heavy atom. The van der Waals surface area contributed by atoms with Crippen LogP contribution in [0.4, 0.5) is 5.69 Å². The zero-order valence-corrected chi connectivity index (χ0v) is 14.6. The minimum Gasteiger partial charge on any atom is -0.450 e. The Balaban J connectivity index is 1.52. The molecule has 27 heavy (non-hydrogen) atoms. The molecule has 7 nitrogen and oxygen atoms in total. The first-order chi connectivity index (χ1) is 13.0. The monoisotopic (exact) mass is 366 g/mol. The number of aliphatic hydroxyl groups excluding tert-OH is 1. The van der Waals surface area contributed by atoms with Gasteiger partial charge in [0.15, 0.2) is 0 Å². The predicted molar refractivity (Wildman–Crippen MR) is 95.8 cm³/mol. The largest absolute Gasteiger partial charge is 0.450 e. The van der Waals surface area contributed by atoms with Gasteiger partial charge in [0.2, 0.25) is 5.75 Å². The average Bonchev–Trinajstić information content (AvgIpc) is 3.35. The predicted octanol–water partition coefficient (Wildman–Crippen LogP) is 3.48. The summed E-state index contributed by atoms with van der Waals surface area (Å²) in [5.41, 5.74) is 2.78. The van der Waals surface area contributed by atoms with Crippen LogP contribution in [0.5, 0.6) is 11.5 Å². The molecular weight excluding hydrogens is 348 g/mol. The molecule has 2 aromatic carbocycles. The summed E-state index contributed by atoms with van der Waals surface area (Å²) in [6.45, 7) is 0.617. The van der Waals surface area contributed by atoms with E-state index in [0.29, 0.717) is 47.9 Å². The second-order valence-electron chi connectivity index (χ2n) is 7.38. The van der Waals surface area contributed by atoms with Crippen LogP contribution in [0.1, 0.15) is 52.4 Å². The van der Waals surface area contributed by atoms with Gasteiger partial charge in [-0.3, -0.25) is 14.9 Å². The third-order valence-corrected chi connectivity index (χ3v) is 5.62. The number of hydrogen-bond acceptors (Lipinski definition) is 5. The zero-order chi connectivity index (χ0) is 18.7. The van der Waals surface area contributed by atoms with Crippen molar-refractivity contribution < 1.29 is 19.6 Å². The van der Waals surface area contributed by atoms with E-state index in [0.717, 1.165) is 18.4 Å². The van der Waals surface area contributed by atoms with Crippen molar-refractivity contribution in [2.45, 2.75) is 44.4 Å². The second kappa shape index (κ2) is 5.79. The number of carbonyl (C=O) groups excluding carboxylic acids is 1. The molecule has 5 rings (SSSR count). The van der Waals surface area contributed by atoms with Gasteiger partial charge in [-0.2, -0.15) is 0 Å². The summed E-state index contributed by atoms with van der Waals surface area (Å²) < 4.78 is 5.92. The molecule has 138 valence electrons. The lowest BCUT2D eigenvalue weighted by molar-refractivity contribution is -0.385. The number of aliphatic hydroxyl groups is 1. The van der Waals surface area contributed by atoms with Crippen molar-refractivity contribution in [1.29, 1.82) is 0 Å². The number of benzene rings is 2. The number of nitrogens with zero attached hydrogens (tertiary/aromatic N) is 2. The van der Waals surface area contributed by atoms with Gasteiger partial charge < -0.3 is 14.7 Å². The number of ether oxygens (including phenoxy) is 1. The molecule has 1 amide bonds. The number of carbonyl (C=O) groups is 1. The molecular formula is C20H18N2O5. The number of amides is 1. The van der Waals surface area contributed by atoms with Gasteiger partial charge in [-0.25, -0.2) is 0 Å². The highest BCUT2D eigenvalue weighted by atomic mass is 16.6. The highest BCUT2D eigenvalue weighted by molar-refractivity contribution is 5.99. The van der Waals surface area contributed by atoms with E-state index in [2.05, 4.69) is 0 Å². The Hall–Kier alpha value is -2.93. The third-order valence-electron chi connectivity index (χ3n) is 5.62. The number of hydrogen-bond donors (Lipinski definition) is 1. The fourth-order valence-corrected chi connectivity index (χ4v) is 4.06. The summed E-state index contributed by atoms with van der Waals surface area (Å²) in [7, 11) is 0. The van der Waals surface area contributed by atoms with Crippen LogP contribution in [-0.2, 0) is 13.0 Å². The first-order valence-corrected chi connectivity index (χ1v) is 9.13. The Kier molecular flexibility index (Phi) is 3.48. The highest BCUT2D eigenvalue weighted by Gasteiger charge is 2.38. The van der Waals surface area contributed by atoms with E-state index in [1.165, 1.54) is 6.07 Å². The fraction of sp³-hybridized carbons (Fsp3) is 0.350. The molecule has 7 heteroatoms. The Labute approximate surface area is 155 Å². The van der Waals surface area contributed by atoms with Gasteiger partial charge in [0.05, 0.1) is 11.0 Å². The molecule has 1 heterocycles. The molecule has 1 saturated carbocycles. The highest BCUT2D eigenvalue weighted by Crippen LogP contribution is 2.44. The van der Waals surface area contributed by atoms with Gasteiger partial charge in [0.25, 0.3) is 5.91 Å². The van der Waals surface area contributed by atoms with Gasteiger partial charge in [0, 0.05) is 29.8 Å². The molecule has 1 unspecified atom stereocenters. The molecule has 0 saturated heterocycles. The molecule has 1 atom stereocenters. The normalized spacial score (nSPS) is 20.6. The van der Waals surface area contributed by atoms with Crippen LogP contribution in [0.2, 0.25) is 0 Å². The minimum atomic E-state index is -0.628. The maximum Gasteiger partial charge on any atom is 0.311 e. The molecule has 0 radical (unpaired) electrons. The first kappa shape index (κ1) is 16.3. The maximum atomic E-state index is 12.6. The smallest absolute Gasteiger partial charge is 0.311 e. The third kappa shape index (κ3) is 2.57. The lowest BCUT2D eigenvalue weighted by Crippen LogP contribution is -2.25. The minimum absolute atomic E-state index is 0.00108. The van der Waals surface area contributed by atoms with Crippen LogP contribution in [0, 0.1) is 10.1 Å². The fourth-order valence-electron chi connectivity index (χ4n) is 4.06. The number of nitro benzene ring substituents is 1.